The molecule has 11 nitrogen and oxygen atoms in total. The highest BCUT2D eigenvalue weighted by Crippen LogP contribution is 2.31. The van der Waals surface area contributed by atoms with Gasteiger partial charge < -0.3 is 19.3 Å². The van der Waals surface area contributed by atoms with Crippen LogP contribution in [0.5, 0.6) is 5.75 Å². The molecular weight excluding hydrogens is 534 g/mol. The van der Waals surface area contributed by atoms with Crippen LogP contribution in [0.3, 0.4) is 0 Å². The summed E-state index contributed by atoms with van der Waals surface area (Å²) in [6.45, 7) is 11.8. The van der Waals surface area contributed by atoms with Gasteiger partial charge in [0.1, 0.15) is 23.2 Å². The van der Waals surface area contributed by atoms with Crippen LogP contribution < -0.4 is 15.2 Å². The van der Waals surface area contributed by atoms with E-state index in [2.05, 4.69) is 20.2 Å². The van der Waals surface area contributed by atoms with Crippen molar-refractivity contribution in [2.75, 3.05) is 31.6 Å². The zero-order chi connectivity index (χ0) is 30.0. The number of methoxy groups -OCH3 is 1. The van der Waals surface area contributed by atoms with Crippen LogP contribution in [0, 0.1) is 12.8 Å². The Morgan fingerprint density at radius 3 is 2.64 bits per heavy atom. The lowest BCUT2D eigenvalue weighted by molar-refractivity contribution is 0.00736. The van der Waals surface area contributed by atoms with Gasteiger partial charge in [0.25, 0.3) is 5.56 Å². The van der Waals surface area contributed by atoms with Gasteiger partial charge in [0.05, 0.1) is 25.5 Å². The van der Waals surface area contributed by atoms with Crippen molar-refractivity contribution in [1.82, 2.24) is 29.4 Å². The van der Waals surface area contributed by atoms with Gasteiger partial charge in [-0.15, -0.1) is 5.10 Å². The van der Waals surface area contributed by atoms with Gasteiger partial charge in [-0.3, -0.25) is 14.3 Å². The van der Waals surface area contributed by atoms with E-state index in [1.807, 2.05) is 64.0 Å². The number of aromatic nitrogens is 5. The maximum atomic E-state index is 13.3. The van der Waals surface area contributed by atoms with E-state index < -0.39 is 5.60 Å². The number of rotatable bonds is 8. The third kappa shape index (κ3) is 6.60. The molecule has 1 saturated heterocycles. The van der Waals surface area contributed by atoms with Gasteiger partial charge in [0, 0.05) is 48.8 Å². The molecule has 2 atom stereocenters. The molecule has 4 heterocycles. The largest absolute Gasteiger partial charge is 0.495 e. The summed E-state index contributed by atoms with van der Waals surface area (Å²) in [6, 6.07) is 5.57. The second-order valence-electron chi connectivity index (χ2n) is 12.5. The van der Waals surface area contributed by atoms with E-state index in [1.165, 1.54) is 6.42 Å². The smallest absolute Gasteiger partial charge is 0.410 e. The zero-order valence-electron chi connectivity index (χ0n) is 25.6. The first kappa shape index (κ1) is 29.6. The van der Waals surface area contributed by atoms with Gasteiger partial charge in [0.2, 0.25) is 0 Å². The van der Waals surface area contributed by atoms with Gasteiger partial charge in [-0.25, -0.2) is 9.48 Å². The highest BCUT2D eigenvalue weighted by atomic mass is 16.6. The van der Waals surface area contributed by atoms with E-state index >= 15 is 0 Å². The average molecular weight is 578 g/mol. The number of pyridine rings is 2. The fourth-order valence-electron chi connectivity index (χ4n) is 5.67. The number of carbonyl (C=O) groups is 1. The summed E-state index contributed by atoms with van der Waals surface area (Å²) in [7, 11) is 1.60. The maximum absolute atomic E-state index is 13.3. The lowest BCUT2D eigenvalue weighted by atomic mass is 9.84. The fraction of sp³-hybridized carbons (Fsp3) is 0.581. The van der Waals surface area contributed by atoms with Crippen molar-refractivity contribution >= 4 is 11.8 Å². The summed E-state index contributed by atoms with van der Waals surface area (Å²) in [5, 5.41) is 8.64. The molecule has 11 heteroatoms. The number of nitrogens with zero attached hydrogens (tertiary/aromatic N) is 7. The van der Waals surface area contributed by atoms with E-state index in [1.54, 1.807) is 28.6 Å². The van der Waals surface area contributed by atoms with Gasteiger partial charge in [0.15, 0.2) is 0 Å². The third-order valence-electron chi connectivity index (χ3n) is 8.31. The van der Waals surface area contributed by atoms with Gasteiger partial charge in [-0.1, -0.05) is 11.6 Å². The van der Waals surface area contributed by atoms with Crippen LogP contribution in [-0.2, 0) is 4.74 Å². The molecule has 42 heavy (non-hydrogen) atoms. The molecule has 3 aromatic heterocycles. The molecule has 0 N–H and O–H groups in total. The van der Waals surface area contributed by atoms with E-state index in [4.69, 9.17) is 9.47 Å². The third-order valence-corrected chi connectivity index (χ3v) is 8.31. The predicted octanol–water partition coefficient (Wildman–Crippen LogP) is 4.89. The van der Waals surface area contributed by atoms with Crippen molar-refractivity contribution in [2.45, 2.75) is 84.5 Å². The van der Waals surface area contributed by atoms with E-state index in [0.29, 0.717) is 23.9 Å². The lowest BCUT2D eigenvalue weighted by Gasteiger charge is -2.43. The summed E-state index contributed by atoms with van der Waals surface area (Å²) >= 11 is 0. The number of hydrogen-bond donors (Lipinski definition) is 0. The summed E-state index contributed by atoms with van der Waals surface area (Å²) in [6.07, 6.45) is 10.1. The molecule has 0 spiro atoms. The van der Waals surface area contributed by atoms with Gasteiger partial charge in [-0.2, -0.15) is 0 Å². The molecular formula is C31H43N7O4. The van der Waals surface area contributed by atoms with E-state index in [9.17, 15) is 9.59 Å². The number of ether oxygens (including phenoxy) is 2. The standard InChI is InChI=1S/C31H43N7O4/c1-21-27(16-26(41-6)17-32-21)28-20-38(34-33-28)22(2)36-14-12-24(15-29(36)39)35-13-8-11-25(19-35)37(18-23-9-7-10-23)30(40)42-31(3,4)5/h12,14-17,20,22-23,25H,7-11,13,18-19H2,1-6H3/t22?,25-/m1/s1. The molecule has 2 fully saturated rings. The number of carbonyl (C=O) groups excluding carboxylic acids is 1. The van der Waals surface area contributed by atoms with Crippen LogP contribution in [0.1, 0.15) is 71.7 Å². The Labute approximate surface area is 247 Å². The second kappa shape index (κ2) is 12.1. The number of amides is 1. The van der Waals surface area contributed by atoms with E-state index in [-0.39, 0.29) is 23.9 Å². The Morgan fingerprint density at radius 1 is 1.19 bits per heavy atom. The minimum absolute atomic E-state index is 0.0404. The van der Waals surface area contributed by atoms with Crippen LogP contribution in [0.4, 0.5) is 10.5 Å². The first-order valence-corrected chi connectivity index (χ1v) is 14.9. The Balaban J connectivity index is 1.31. The summed E-state index contributed by atoms with van der Waals surface area (Å²) in [4.78, 5) is 35.1. The van der Waals surface area contributed by atoms with Crippen LogP contribution in [0.2, 0.25) is 0 Å². The van der Waals surface area contributed by atoms with Crippen LogP contribution in [0.15, 0.2) is 41.6 Å². The van der Waals surface area contributed by atoms with Crippen molar-refractivity contribution in [3.63, 3.8) is 0 Å². The van der Waals surface area contributed by atoms with Crippen molar-refractivity contribution < 1.29 is 14.3 Å². The van der Waals surface area contributed by atoms with Crippen LogP contribution in [-0.4, -0.2) is 73.9 Å². The summed E-state index contributed by atoms with van der Waals surface area (Å²) in [5.74, 6) is 1.18. The Hall–Kier alpha value is -3.89. The zero-order valence-corrected chi connectivity index (χ0v) is 25.6. The molecule has 2 aliphatic rings. The maximum Gasteiger partial charge on any atom is 0.410 e. The van der Waals surface area contributed by atoms with Gasteiger partial charge >= 0.3 is 6.09 Å². The van der Waals surface area contributed by atoms with Crippen LogP contribution >= 0.6 is 0 Å². The highest BCUT2D eigenvalue weighted by molar-refractivity contribution is 5.69. The Bertz CT molecular complexity index is 1460. The summed E-state index contributed by atoms with van der Waals surface area (Å²) in [5.41, 5.74) is 2.49. The molecule has 0 radical (unpaired) electrons. The van der Waals surface area contributed by atoms with Crippen molar-refractivity contribution in [2.24, 2.45) is 5.92 Å². The molecule has 1 aliphatic carbocycles. The number of aryl methyl sites for hydroxylation is 1. The monoisotopic (exact) mass is 577 g/mol. The topological polar surface area (TPSA) is 108 Å². The minimum atomic E-state index is -0.543. The molecule has 0 bridgehead atoms. The molecule has 3 aromatic rings. The minimum Gasteiger partial charge on any atom is -0.495 e. The number of anilines is 1. The predicted molar refractivity (Wildman–Crippen MR) is 161 cm³/mol. The first-order chi connectivity index (χ1) is 20.0. The molecule has 1 saturated carbocycles. The highest BCUT2D eigenvalue weighted by Gasteiger charge is 2.34. The molecule has 226 valence electrons. The Morgan fingerprint density at radius 2 is 1.98 bits per heavy atom. The lowest BCUT2D eigenvalue weighted by Crippen LogP contribution is -2.53. The van der Waals surface area contributed by atoms with Crippen molar-refractivity contribution in [3.8, 4) is 17.0 Å². The molecule has 5 rings (SSSR count). The molecule has 0 aromatic carbocycles. The Kier molecular flexibility index (Phi) is 8.56. The molecule has 1 aliphatic heterocycles. The first-order valence-electron chi connectivity index (χ1n) is 14.9. The normalized spacial score (nSPS) is 18.3. The van der Waals surface area contributed by atoms with Crippen molar-refractivity contribution in [1.29, 1.82) is 0 Å². The number of piperidine rings is 1. The summed E-state index contributed by atoms with van der Waals surface area (Å²) < 4.78 is 14.4. The molecule has 1 amide bonds. The second-order valence-corrected chi connectivity index (χ2v) is 12.5. The average Bonchev–Trinajstić information content (AvgIpc) is 3.41. The fourth-order valence-corrected chi connectivity index (χ4v) is 5.67. The van der Waals surface area contributed by atoms with Crippen molar-refractivity contribution in [3.05, 3.63) is 52.8 Å². The molecule has 1 unspecified atom stereocenters. The van der Waals surface area contributed by atoms with Crippen LogP contribution in [0.25, 0.3) is 11.3 Å². The quantitative estimate of drug-likeness (QED) is 0.372. The van der Waals surface area contributed by atoms with Gasteiger partial charge in [-0.05, 0) is 78.4 Å². The van der Waals surface area contributed by atoms with E-state index in [0.717, 1.165) is 55.7 Å². The number of hydrogen-bond acceptors (Lipinski definition) is 8. The SMILES string of the molecule is COc1cnc(C)c(-c2cn(C(C)n3ccc(N4CCC[C@@H](N(CC5CCC5)C(=O)OC(C)(C)C)C4)cc3=O)nn2)c1.